The van der Waals surface area contributed by atoms with Crippen LogP contribution in [0.3, 0.4) is 0 Å². The van der Waals surface area contributed by atoms with E-state index in [2.05, 4.69) is 9.82 Å². The summed E-state index contributed by atoms with van der Waals surface area (Å²) in [6.07, 6.45) is 0. The van der Waals surface area contributed by atoms with Crippen LogP contribution in [0.5, 0.6) is 0 Å². The number of aryl methyl sites for hydroxylation is 2. The van der Waals surface area contributed by atoms with E-state index in [0.717, 1.165) is 0 Å². The first-order valence-corrected chi connectivity index (χ1v) is 7.76. The molecule has 0 spiro atoms. The summed E-state index contributed by atoms with van der Waals surface area (Å²) in [6.45, 7) is 1.70. The SMILES string of the molecule is Cc1nn(C)c(NS(=O)(=O)Cc2ccc(C#N)cc2)c1N. The number of nitrogens with two attached hydrogens (primary N) is 1. The van der Waals surface area contributed by atoms with E-state index in [9.17, 15) is 8.42 Å². The molecule has 0 saturated carbocycles. The molecule has 0 aliphatic carbocycles. The Balaban J connectivity index is 2.20. The molecule has 0 radical (unpaired) electrons. The van der Waals surface area contributed by atoms with Crippen LogP contribution >= 0.6 is 0 Å². The van der Waals surface area contributed by atoms with Crippen LogP contribution in [0, 0.1) is 18.3 Å². The number of anilines is 2. The van der Waals surface area contributed by atoms with Crippen LogP contribution < -0.4 is 10.5 Å². The number of hydrogen-bond acceptors (Lipinski definition) is 5. The van der Waals surface area contributed by atoms with Crippen molar-refractivity contribution < 1.29 is 8.42 Å². The first-order chi connectivity index (χ1) is 9.82. The van der Waals surface area contributed by atoms with Gasteiger partial charge in [0.05, 0.1) is 28.8 Å². The van der Waals surface area contributed by atoms with Crippen LogP contribution in [0.15, 0.2) is 24.3 Å². The molecule has 1 aromatic carbocycles. The lowest BCUT2D eigenvalue weighted by Crippen LogP contribution is -2.18. The van der Waals surface area contributed by atoms with Crippen LogP contribution in [-0.2, 0) is 22.8 Å². The van der Waals surface area contributed by atoms with Gasteiger partial charge in [-0.25, -0.2) is 13.1 Å². The van der Waals surface area contributed by atoms with E-state index in [-0.39, 0.29) is 11.6 Å². The highest BCUT2D eigenvalue weighted by atomic mass is 32.2. The van der Waals surface area contributed by atoms with Crippen LogP contribution in [0.2, 0.25) is 0 Å². The summed E-state index contributed by atoms with van der Waals surface area (Å²) in [6, 6.07) is 8.35. The zero-order valence-corrected chi connectivity index (χ0v) is 12.5. The summed E-state index contributed by atoms with van der Waals surface area (Å²) in [5.41, 5.74) is 7.73. The zero-order chi connectivity index (χ0) is 15.6. The molecule has 0 saturated heterocycles. The molecule has 0 unspecified atom stereocenters. The van der Waals surface area contributed by atoms with E-state index in [1.54, 1.807) is 38.2 Å². The minimum atomic E-state index is -3.61. The van der Waals surface area contributed by atoms with Gasteiger partial charge in [0.25, 0.3) is 0 Å². The average molecular weight is 305 g/mol. The fraction of sp³-hybridized carbons (Fsp3) is 0.231. The predicted octanol–water partition coefficient (Wildman–Crippen LogP) is 1.12. The minimum Gasteiger partial charge on any atom is -0.394 e. The summed E-state index contributed by atoms with van der Waals surface area (Å²) in [7, 11) is -2.00. The first kappa shape index (κ1) is 14.9. The van der Waals surface area contributed by atoms with E-state index < -0.39 is 10.0 Å². The molecule has 0 amide bonds. The highest BCUT2D eigenvalue weighted by Crippen LogP contribution is 2.23. The van der Waals surface area contributed by atoms with Gasteiger partial charge < -0.3 is 5.73 Å². The van der Waals surface area contributed by atoms with Gasteiger partial charge in [0.15, 0.2) is 5.82 Å². The second-order valence-electron chi connectivity index (χ2n) is 4.64. The van der Waals surface area contributed by atoms with Gasteiger partial charge in [-0.3, -0.25) is 4.72 Å². The van der Waals surface area contributed by atoms with Crippen LogP contribution in [-0.4, -0.2) is 18.2 Å². The molecule has 2 aromatic rings. The lowest BCUT2D eigenvalue weighted by atomic mass is 10.2. The molecule has 8 heteroatoms. The number of rotatable bonds is 4. The normalized spacial score (nSPS) is 11.1. The van der Waals surface area contributed by atoms with E-state index in [1.807, 2.05) is 6.07 Å². The molecular formula is C13H15N5O2S. The van der Waals surface area contributed by atoms with E-state index in [1.165, 1.54) is 4.68 Å². The molecule has 7 nitrogen and oxygen atoms in total. The van der Waals surface area contributed by atoms with Gasteiger partial charge in [-0.1, -0.05) is 12.1 Å². The summed E-state index contributed by atoms with van der Waals surface area (Å²) >= 11 is 0. The number of hydrogen-bond donors (Lipinski definition) is 2. The largest absolute Gasteiger partial charge is 0.394 e. The monoisotopic (exact) mass is 305 g/mol. The van der Waals surface area contributed by atoms with Gasteiger partial charge in [-0.05, 0) is 24.6 Å². The van der Waals surface area contributed by atoms with Gasteiger partial charge in [-0.15, -0.1) is 0 Å². The Morgan fingerprint density at radius 2 is 2.00 bits per heavy atom. The number of nitrogen functional groups attached to an aromatic ring is 1. The highest BCUT2D eigenvalue weighted by Gasteiger charge is 2.18. The van der Waals surface area contributed by atoms with Crippen LogP contribution in [0.25, 0.3) is 0 Å². The quantitative estimate of drug-likeness (QED) is 0.878. The highest BCUT2D eigenvalue weighted by molar-refractivity contribution is 7.91. The van der Waals surface area contributed by atoms with Gasteiger partial charge in [0, 0.05) is 7.05 Å². The van der Waals surface area contributed by atoms with Gasteiger partial charge in [0.2, 0.25) is 10.0 Å². The molecule has 0 aliphatic rings. The third kappa shape index (κ3) is 3.32. The van der Waals surface area contributed by atoms with E-state index in [4.69, 9.17) is 11.0 Å². The molecule has 1 aromatic heterocycles. The molecule has 0 aliphatic heterocycles. The molecular weight excluding hydrogens is 290 g/mol. The van der Waals surface area contributed by atoms with Crippen molar-refractivity contribution >= 4 is 21.5 Å². The predicted molar refractivity (Wildman–Crippen MR) is 79.8 cm³/mol. The minimum absolute atomic E-state index is 0.206. The fourth-order valence-corrected chi connectivity index (χ4v) is 3.11. The van der Waals surface area contributed by atoms with Gasteiger partial charge in [-0.2, -0.15) is 10.4 Å². The summed E-state index contributed by atoms with van der Waals surface area (Å²) in [4.78, 5) is 0. The van der Waals surface area contributed by atoms with Crippen molar-refractivity contribution in [3.8, 4) is 6.07 Å². The molecule has 2 rings (SSSR count). The topological polar surface area (TPSA) is 114 Å². The molecule has 3 N–H and O–H groups in total. The average Bonchev–Trinajstić information content (AvgIpc) is 2.65. The number of nitrogens with one attached hydrogen (secondary N) is 1. The number of benzene rings is 1. The standard InChI is InChI=1S/C13H15N5O2S/c1-9-12(15)13(18(2)16-9)17-21(19,20)8-11-5-3-10(7-14)4-6-11/h3-6,17H,8,15H2,1-2H3. The Morgan fingerprint density at radius 1 is 1.38 bits per heavy atom. The molecule has 0 bridgehead atoms. The number of nitriles is 1. The van der Waals surface area contributed by atoms with E-state index in [0.29, 0.717) is 22.5 Å². The van der Waals surface area contributed by atoms with Gasteiger partial charge in [0.1, 0.15) is 0 Å². The first-order valence-electron chi connectivity index (χ1n) is 6.11. The second-order valence-corrected chi connectivity index (χ2v) is 6.36. The molecule has 1 heterocycles. The van der Waals surface area contributed by atoms with Crippen molar-refractivity contribution in [1.82, 2.24) is 9.78 Å². The molecule has 110 valence electrons. The maximum absolute atomic E-state index is 12.2. The number of nitrogens with zero attached hydrogens (tertiary/aromatic N) is 3. The lowest BCUT2D eigenvalue weighted by Gasteiger charge is -2.09. The summed E-state index contributed by atoms with van der Waals surface area (Å²) in [5.74, 6) is 0.0451. The summed E-state index contributed by atoms with van der Waals surface area (Å²) in [5, 5.41) is 12.8. The Bertz CT molecular complexity index is 800. The Labute approximate surface area is 123 Å². The lowest BCUT2D eigenvalue weighted by molar-refractivity contribution is 0.599. The van der Waals surface area contributed by atoms with Crippen molar-refractivity contribution in [3.63, 3.8) is 0 Å². The molecule has 21 heavy (non-hydrogen) atoms. The second kappa shape index (κ2) is 5.46. The van der Waals surface area contributed by atoms with Crippen molar-refractivity contribution in [2.75, 3.05) is 10.5 Å². The maximum atomic E-state index is 12.2. The van der Waals surface area contributed by atoms with Crippen molar-refractivity contribution in [2.24, 2.45) is 7.05 Å². The molecule has 0 fully saturated rings. The molecule has 0 atom stereocenters. The van der Waals surface area contributed by atoms with Gasteiger partial charge >= 0.3 is 0 Å². The number of aromatic nitrogens is 2. The smallest absolute Gasteiger partial charge is 0.238 e. The third-order valence-electron chi connectivity index (χ3n) is 2.96. The Kier molecular flexibility index (Phi) is 3.86. The van der Waals surface area contributed by atoms with Crippen molar-refractivity contribution in [1.29, 1.82) is 5.26 Å². The third-order valence-corrected chi connectivity index (χ3v) is 4.18. The maximum Gasteiger partial charge on any atom is 0.238 e. The number of sulfonamides is 1. The Morgan fingerprint density at radius 3 is 2.48 bits per heavy atom. The Hall–Kier alpha value is -2.53. The van der Waals surface area contributed by atoms with E-state index >= 15 is 0 Å². The fourth-order valence-electron chi connectivity index (χ4n) is 1.87. The van der Waals surface area contributed by atoms with Crippen molar-refractivity contribution in [3.05, 3.63) is 41.1 Å². The van der Waals surface area contributed by atoms with Crippen LogP contribution in [0.1, 0.15) is 16.8 Å². The zero-order valence-electron chi connectivity index (χ0n) is 11.7. The van der Waals surface area contributed by atoms with Crippen molar-refractivity contribution in [2.45, 2.75) is 12.7 Å². The summed E-state index contributed by atoms with van der Waals surface area (Å²) < 4.78 is 28.2. The van der Waals surface area contributed by atoms with Crippen LogP contribution in [0.4, 0.5) is 11.5 Å².